The van der Waals surface area contributed by atoms with Crippen molar-refractivity contribution >= 4 is 29.7 Å². The number of amides is 3. The molecule has 0 bridgehead atoms. The molecule has 0 saturated carbocycles. The van der Waals surface area contributed by atoms with Gasteiger partial charge in [-0.25, -0.2) is 4.79 Å². The number of hydrogen-bond acceptors (Lipinski definition) is 7. The lowest BCUT2D eigenvalue weighted by Gasteiger charge is -2.29. The number of aliphatic carboxylic acids is 2. The normalized spacial score (nSPS) is 19.3. The van der Waals surface area contributed by atoms with E-state index in [-0.39, 0.29) is 6.54 Å². The topological polar surface area (TPSA) is 199 Å². The Kier molecular flexibility index (Phi) is 8.98. The third-order valence-electron chi connectivity index (χ3n) is 4.59. The molecule has 1 fully saturated rings. The number of nitrogens with two attached hydrogens (primary N) is 1. The van der Waals surface area contributed by atoms with Crippen LogP contribution in [0.3, 0.4) is 0 Å². The molecule has 1 aliphatic rings. The summed E-state index contributed by atoms with van der Waals surface area (Å²) in [5.41, 5.74) is 5.61. The van der Waals surface area contributed by atoms with Gasteiger partial charge in [0.15, 0.2) is 0 Å². The van der Waals surface area contributed by atoms with Crippen molar-refractivity contribution in [2.45, 2.75) is 57.3 Å². The smallest absolute Gasteiger partial charge is 0.328 e. The molecule has 4 unspecified atom stereocenters. The standard InChI is InChI=1S/C17H28N4O8/c1-8(2)13(15(26)19-10(7-22)17(28)29)20-14(25)11-4-3-5-21(11)16(27)9(18)6-12(23)24/h8-11,13,22H,3-7,18H2,1-2H3,(H,19,26)(H,20,25)(H,23,24)(H,28,29). The molecule has 1 saturated heterocycles. The predicted molar refractivity (Wildman–Crippen MR) is 98.4 cm³/mol. The molecule has 7 N–H and O–H groups in total. The Hall–Kier alpha value is -2.73. The number of hydrogen-bond donors (Lipinski definition) is 6. The van der Waals surface area contributed by atoms with Crippen LogP contribution < -0.4 is 16.4 Å². The summed E-state index contributed by atoms with van der Waals surface area (Å²) in [6, 6.07) is -4.81. The fourth-order valence-electron chi connectivity index (χ4n) is 3.02. The van der Waals surface area contributed by atoms with Gasteiger partial charge in [-0.3, -0.25) is 19.2 Å². The molecule has 1 heterocycles. The van der Waals surface area contributed by atoms with Crippen LogP contribution in [0.15, 0.2) is 0 Å². The molecule has 1 rings (SSSR count). The Bertz CT molecular complexity index is 653. The molecule has 164 valence electrons. The summed E-state index contributed by atoms with van der Waals surface area (Å²) in [6.45, 7) is 2.69. The molecule has 4 atom stereocenters. The molecule has 0 radical (unpaired) electrons. The highest BCUT2D eigenvalue weighted by molar-refractivity contribution is 5.95. The quantitative estimate of drug-likeness (QED) is 0.222. The van der Waals surface area contributed by atoms with Gasteiger partial charge in [0.2, 0.25) is 17.7 Å². The minimum atomic E-state index is -1.51. The first-order chi connectivity index (χ1) is 13.5. The summed E-state index contributed by atoms with van der Waals surface area (Å²) < 4.78 is 0. The lowest BCUT2D eigenvalue weighted by molar-refractivity contribution is -0.145. The van der Waals surface area contributed by atoms with Crippen molar-refractivity contribution in [2.75, 3.05) is 13.2 Å². The zero-order chi connectivity index (χ0) is 22.3. The molecule has 0 aromatic carbocycles. The number of rotatable bonds is 10. The van der Waals surface area contributed by atoms with Crippen LogP contribution in [0.25, 0.3) is 0 Å². The maximum Gasteiger partial charge on any atom is 0.328 e. The van der Waals surface area contributed by atoms with Crippen molar-refractivity contribution in [2.24, 2.45) is 11.7 Å². The summed E-state index contributed by atoms with van der Waals surface area (Å²) in [7, 11) is 0. The van der Waals surface area contributed by atoms with Crippen molar-refractivity contribution in [3.63, 3.8) is 0 Å². The maximum atomic E-state index is 12.7. The van der Waals surface area contributed by atoms with Crippen LogP contribution in [-0.2, 0) is 24.0 Å². The molecule has 0 aromatic heterocycles. The number of nitrogens with zero attached hydrogens (tertiary/aromatic N) is 1. The summed E-state index contributed by atoms with van der Waals surface area (Å²) in [4.78, 5) is 60.4. The van der Waals surface area contributed by atoms with E-state index >= 15 is 0 Å². The van der Waals surface area contributed by atoms with Gasteiger partial charge in [0.1, 0.15) is 18.1 Å². The number of carbonyl (C=O) groups excluding carboxylic acids is 3. The number of likely N-dealkylation sites (tertiary alicyclic amines) is 1. The summed E-state index contributed by atoms with van der Waals surface area (Å²) in [6.07, 6.45) is 0.254. The number of carbonyl (C=O) groups is 5. The first-order valence-corrected chi connectivity index (χ1v) is 9.21. The number of carboxylic acids is 2. The van der Waals surface area contributed by atoms with Crippen LogP contribution >= 0.6 is 0 Å². The fraction of sp³-hybridized carbons (Fsp3) is 0.706. The molecule has 0 spiro atoms. The van der Waals surface area contributed by atoms with Crippen molar-refractivity contribution in [1.82, 2.24) is 15.5 Å². The Morgan fingerprint density at radius 3 is 2.24 bits per heavy atom. The highest BCUT2D eigenvalue weighted by atomic mass is 16.4. The van der Waals surface area contributed by atoms with Gasteiger partial charge < -0.3 is 36.6 Å². The van der Waals surface area contributed by atoms with Crippen molar-refractivity contribution < 1.29 is 39.3 Å². The average Bonchev–Trinajstić information content (AvgIpc) is 3.11. The summed E-state index contributed by atoms with van der Waals surface area (Å²) in [5, 5.41) is 31.4. The van der Waals surface area contributed by atoms with Crippen LogP contribution in [0.1, 0.15) is 33.1 Å². The molecule has 12 heteroatoms. The van der Waals surface area contributed by atoms with Crippen LogP contribution in [-0.4, -0.2) is 87.2 Å². The van der Waals surface area contributed by atoms with E-state index in [4.69, 9.17) is 21.1 Å². The molecule has 3 amide bonds. The zero-order valence-electron chi connectivity index (χ0n) is 16.3. The second-order valence-electron chi connectivity index (χ2n) is 7.21. The van der Waals surface area contributed by atoms with Gasteiger partial charge in [0, 0.05) is 6.54 Å². The minimum Gasteiger partial charge on any atom is -0.481 e. The van der Waals surface area contributed by atoms with Gasteiger partial charge in [0.05, 0.1) is 19.1 Å². The number of nitrogens with one attached hydrogen (secondary N) is 2. The lowest BCUT2D eigenvalue weighted by Crippen LogP contribution is -2.58. The molecular weight excluding hydrogens is 388 g/mol. The Morgan fingerprint density at radius 2 is 1.76 bits per heavy atom. The molecule has 12 nitrogen and oxygen atoms in total. The van der Waals surface area contributed by atoms with Crippen LogP contribution in [0, 0.1) is 5.92 Å². The van der Waals surface area contributed by atoms with Gasteiger partial charge in [-0.2, -0.15) is 0 Å². The zero-order valence-corrected chi connectivity index (χ0v) is 16.3. The fourth-order valence-corrected chi connectivity index (χ4v) is 3.02. The Balaban J connectivity index is 2.86. The summed E-state index contributed by atoms with van der Waals surface area (Å²) >= 11 is 0. The van der Waals surface area contributed by atoms with Crippen LogP contribution in [0.5, 0.6) is 0 Å². The van der Waals surface area contributed by atoms with E-state index in [0.29, 0.717) is 12.8 Å². The minimum absolute atomic E-state index is 0.231. The molecule has 0 aromatic rings. The van der Waals surface area contributed by atoms with Crippen molar-refractivity contribution in [3.8, 4) is 0 Å². The molecule has 1 aliphatic heterocycles. The Labute approximate surface area is 167 Å². The van der Waals surface area contributed by atoms with E-state index in [9.17, 15) is 24.0 Å². The maximum absolute atomic E-state index is 12.7. The van der Waals surface area contributed by atoms with E-state index in [1.54, 1.807) is 13.8 Å². The monoisotopic (exact) mass is 416 g/mol. The molecular formula is C17H28N4O8. The SMILES string of the molecule is CC(C)C(NC(=O)C1CCCN1C(=O)C(N)CC(=O)O)C(=O)NC(CO)C(=O)O. The summed E-state index contributed by atoms with van der Waals surface area (Å²) in [5.74, 6) is -5.14. The predicted octanol–water partition coefficient (Wildman–Crippen LogP) is -2.52. The number of carboxylic acid groups (broad SMARTS) is 2. The van der Waals surface area contributed by atoms with E-state index in [1.807, 2.05) is 0 Å². The second kappa shape index (κ2) is 10.7. The van der Waals surface area contributed by atoms with Crippen LogP contribution in [0.2, 0.25) is 0 Å². The average molecular weight is 416 g/mol. The van der Waals surface area contributed by atoms with E-state index in [0.717, 1.165) is 0 Å². The van der Waals surface area contributed by atoms with Gasteiger partial charge in [-0.05, 0) is 18.8 Å². The van der Waals surface area contributed by atoms with Gasteiger partial charge in [-0.15, -0.1) is 0 Å². The number of aliphatic hydroxyl groups excluding tert-OH is 1. The Morgan fingerprint density at radius 1 is 1.14 bits per heavy atom. The number of aliphatic hydroxyl groups is 1. The second-order valence-corrected chi connectivity index (χ2v) is 7.21. The van der Waals surface area contributed by atoms with Crippen molar-refractivity contribution in [3.05, 3.63) is 0 Å². The highest BCUT2D eigenvalue weighted by Gasteiger charge is 2.38. The van der Waals surface area contributed by atoms with E-state index in [1.165, 1.54) is 4.90 Å². The van der Waals surface area contributed by atoms with E-state index < -0.39 is 72.8 Å². The van der Waals surface area contributed by atoms with Gasteiger partial charge in [0.25, 0.3) is 0 Å². The van der Waals surface area contributed by atoms with Crippen LogP contribution in [0.4, 0.5) is 0 Å². The van der Waals surface area contributed by atoms with Gasteiger partial charge in [-0.1, -0.05) is 13.8 Å². The highest BCUT2D eigenvalue weighted by Crippen LogP contribution is 2.19. The molecule has 0 aliphatic carbocycles. The first kappa shape index (κ1) is 24.3. The van der Waals surface area contributed by atoms with Crippen molar-refractivity contribution in [1.29, 1.82) is 0 Å². The van der Waals surface area contributed by atoms with Gasteiger partial charge >= 0.3 is 11.9 Å². The third kappa shape index (κ3) is 6.68. The largest absolute Gasteiger partial charge is 0.481 e. The van der Waals surface area contributed by atoms with E-state index in [2.05, 4.69) is 10.6 Å². The lowest BCUT2D eigenvalue weighted by atomic mass is 10.0. The molecule has 29 heavy (non-hydrogen) atoms. The first-order valence-electron chi connectivity index (χ1n) is 9.21. The third-order valence-corrected chi connectivity index (χ3v) is 4.59.